The van der Waals surface area contributed by atoms with Gasteiger partial charge in [0.25, 0.3) is 0 Å². The molecule has 118 valence electrons. The zero-order chi connectivity index (χ0) is 15.3. The zero-order valence-electron chi connectivity index (χ0n) is 12.4. The van der Waals surface area contributed by atoms with Gasteiger partial charge in [-0.15, -0.1) is 0 Å². The fourth-order valence-corrected chi connectivity index (χ4v) is 4.91. The number of hydrazine groups is 1. The highest BCUT2D eigenvalue weighted by atomic mass is 32.2. The van der Waals surface area contributed by atoms with E-state index in [-0.39, 0.29) is 5.75 Å². The molecule has 0 aromatic heterocycles. The number of rotatable bonds is 6. The first-order valence-corrected chi connectivity index (χ1v) is 9.21. The predicted octanol–water partition coefficient (Wildman–Crippen LogP) is 1.95. The minimum atomic E-state index is -3.12. The summed E-state index contributed by atoms with van der Waals surface area (Å²) in [5.41, 5.74) is 3.52. The number of benzene rings is 1. The summed E-state index contributed by atoms with van der Waals surface area (Å²) in [5, 5.41) is -0.484. The van der Waals surface area contributed by atoms with Crippen LogP contribution in [0.3, 0.4) is 0 Å². The highest BCUT2D eigenvalue weighted by Gasteiger charge is 2.37. The van der Waals surface area contributed by atoms with E-state index in [1.807, 2.05) is 31.2 Å². The molecule has 0 bridgehead atoms. The van der Waals surface area contributed by atoms with Crippen molar-refractivity contribution in [3.63, 3.8) is 0 Å². The van der Waals surface area contributed by atoms with Crippen molar-refractivity contribution < 1.29 is 13.2 Å². The third-order valence-corrected chi connectivity index (χ3v) is 6.18. The third-order valence-electron chi connectivity index (χ3n) is 3.90. The zero-order valence-corrected chi connectivity index (χ0v) is 13.2. The lowest BCUT2D eigenvalue weighted by Crippen LogP contribution is -2.43. The van der Waals surface area contributed by atoms with Crippen LogP contribution in [0.25, 0.3) is 0 Å². The molecule has 5 nitrogen and oxygen atoms in total. The Hall–Kier alpha value is -1.11. The summed E-state index contributed by atoms with van der Waals surface area (Å²) in [6.45, 7) is 2.64. The van der Waals surface area contributed by atoms with Crippen molar-refractivity contribution in [3.05, 3.63) is 29.8 Å². The number of para-hydroxylation sites is 1. The van der Waals surface area contributed by atoms with Crippen LogP contribution in [0.5, 0.6) is 5.75 Å². The van der Waals surface area contributed by atoms with E-state index in [4.69, 9.17) is 10.6 Å². The predicted molar refractivity (Wildman–Crippen MR) is 83.7 cm³/mol. The van der Waals surface area contributed by atoms with E-state index in [0.717, 1.165) is 24.8 Å². The molecule has 1 aromatic rings. The molecule has 3 N–H and O–H groups in total. The van der Waals surface area contributed by atoms with Gasteiger partial charge in [-0.05, 0) is 25.3 Å². The molecule has 0 spiro atoms. The maximum Gasteiger partial charge on any atom is 0.155 e. The molecule has 2 rings (SSSR count). The van der Waals surface area contributed by atoms with Crippen LogP contribution in [-0.4, -0.2) is 26.0 Å². The summed E-state index contributed by atoms with van der Waals surface area (Å²) < 4.78 is 30.4. The van der Waals surface area contributed by atoms with Crippen molar-refractivity contribution in [1.82, 2.24) is 5.43 Å². The van der Waals surface area contributed by atoms with Crippen molar-refractivity contribution in [1.29, 1.82) is 0 Å². The number of ether oxygens (including phenoxy) is 1. The van der Waals surface area contributed by atoms with Crippen LogP contribution >= 0.6 is 0 Å². The molecule has 1 saturated heterocycles. The first-order chi connectivity index (χ1) is 10.1. The summed E-state index contributed by atoms with van der Waals surface area (Å²) in [4.78, 5) is 0. The Balaban J connectivity index is 2.32. The molecule has 1 aromatic carbocycles. The van der Waals surface area contributed by atoms with Gasteiger partial charge in [-0.3, -0.25) is 11.3 Å². The normalized spacial score (nSPS) is 22.7. The van der Waals surface area contributed by atoms with E-state index < -0.39 is 21.1 Å². The molecular formula is C15H24N2O3S. The number of hydrogen-bond donors (Lipinski definition) is 2. The maximum absolute atomic E-state index is 12.3. The third kappa shape index (κ3) is 3.75. The van der Waals surface area contributed by atoms with E-state index in [1.54, 1.807) is 0 Å². The first-order valence-electron chi connectivity index (χ1n) is 7.49. The van der Waals surface area contributed by atoms with Gasteiger partial charge < -0.3 is 4.74 Å². The number of sulfone groups is 1. The Bertz CT molecular complexity index is 560. The van der Waals surface area contributed by atoms with Crippen molar-refractivity contribution >= 4 is 9.84 Å². The lowest BCUT2D eigenvalue weighted by molar-refractivity contribution is 0.308. The minimum absolute atomic E-state index is 0.244. The van der Waals surface area contributed by atoms with Gasteiger partial charge in [0.1, 0.15) is 5.75 Å². The Labute approximate surface area is 126 Å². The monoisotopic (exact) mass is 312 g/mol. The molecule has 21 heavy (non-hydrogen) atoms. The lowest BCUT2D eigenvalue weighted by Gasteiger charge is -2.30. The van der Waals surface area contributed by atoms with Gasteiger partial charge in [-0.2, -0.15) is 0 Å². The highest BCUT2D eigenvalue weighted by molar-refractivity contribution is 7.92. The van der Waals surface area contributed by atoms with E-state index in [1.165, 1.54) is 0 Å². The van der Waals surface area contributed by atoms with Crippen LogP contribution < -0.4 is 16.0 Å². The van der Waals surface area contributed by atoms with Gasteiger partial charge in [0.2, 0.25) is 0 Å². The quantitative estimate of drug-likeness (QED) is 0.620. The van der Waals surface area contributed by atoms with E-state index in [2.05, 4.69) is 5.43 Å². The average Bonchev–Trinajstić information content (AvgIpc) is 2.48. The topological polar surface area (TPSA) is 81.4 Å². The number of nitrogens with one attached hydrogen (secondary N) is 1. The highest BCUT2D eigenvalue weighted by Crippen LogP contribution is 2.34. The molecular weight excluding hydrogens is 288 g/mol. The molecule has 0 radical (unpaired) electrons. The van der Waals surface area contributed by atoms with Gasteiger partial charge in [-0.1, -0.05) is 31.5 Å². The second kappa shape index (κ2) is 7.24. The molecule has 1 fully saturated rings. The molecule has 6 heteroatoms. The van der Waals surface area contributed by atoms with Crippen LogP contribution in [0.1, 0.15) is 44.2 Å². The summed E-state index contributed by atoms with van der Waals surface area (Å²) in [7, 11) is -3.12. The summed E-state index contributed by atoms with van der Waals surface area (Å²) >= 11 is 0. The van der Waals surface area contributed by atoms with Crippen LogP contribution in [0.4, 0.5) is 0 Å². The van der Waals surface area contributed by atoms with Crippen molar-refractivity contribution in [3.8, 4) is 5.75 Å². The van der Waals surface area contributed by atoms with Crippen LogP contribution in [0, 0.1) is 0 Å². The second-order valence-electron chi connectivity index (χ2n) is 5.43. The van der Waals surface area contributed by atoms with Crippen molar-refractivity contribution in [2.24, 2.45) is 5.84 Å². The Morgan fingerprint density at radius 3 is 2.81 bits per heavy atom. The van der Waals surface area contributed by atoms with Gasteiger partial charge in [0, 0.05) is 5.56 Å². The van der Waals surface area contributed by atoms with Crippen molar-refractivity contribution in [2.75, 3.05) is 12.4 Å². The average molecular weight is 312 g/mol. The number of hydrogen-bond acceptors (Lipinski definition) is 5. The number of nitrogens with two attached hydrogens (primary N) is 1. The molecule has 1 heterocycles. The SMILES string of the molecule is CCCOc1ccccc1C(NN)C1CCCCS1(=O)=O. The molecule has 2 atom stereocenters. The molecule has 0 aliphatic carbocycles. The van der Waals surface area contributed by atoms with E-state index >= 15 is 0 Å². The minimum Gasteiger partial charge on any atom is -0.493 e. The van der Waals surface area contributed by atoms with Gasteiger partial charge in [-0.25, -0.2) is 8.42 Å². The standard InChI is InChI=1S/C15H24N2O3S/c1-2-10-20-13-8-4-3-7-12(13)15(17-16)14-9-5-6-11-21(14,18)19/h3-4,7-8,14-15,17H,2,5-6,9-11,16H2,1H3. The van der Waals surface area contributed by atoms with Gasteiger partial charge in [0.05, 0.1) is 23.7 Å². The molecule has 2 unspecified atom stereocenters. The van der Waals surface area contributed by atoms with Gasteiger partial charge >= 0.3 is 0 Å². The molecule has 0 amide bonds. The summed E-state index contributed by atoms with van der Waals surface area (Å²) in [5.74, 6) is 6.64. The van der Waals surface area contributed by atoms with Crippen LogP contribution in [-0.2, 0) is 9.84 Å². The van der Waals surface area contributed by atoms with Crippen LogP contribution in [0.15, 0.2) is 24.3 Å². The van der Waals surface area contributed by atoms with Crippen LogP contribution in [0.2, 0.25) is 0 Å². The first kappa shape index (κ1) is 16.3. The molecule has 1 aliphatic heterocycles. The largest absolute Gasteiger partial charge is 0.493 e. The Kier molecular flexibility index (Phi) is 5.61. The van der Waals surface area contributed by atoms with Crippen molar-refractivity contribution in [2.45, 2.75) is 43.9 Å². The fraction of sp³-hybridized carbons (Fsp3) is 0.600. The molecule has 1 aliphatic rings. The maximum atomic E-state index is 12.3. The second-order valence-corrected chi connectivity index (χ2v) is 7.77. The summed E-state index contributed by atoms with van der Waals surface area (Å²) in [6.07, 6.45) is 3.19. The van der Waals surface area contributed by atoms with E-state index in [9.17, 15) is 8.42 Å². The molecule has 0 saturated carbocycles. The fourth-order valence-electron chi connectivity index (χ4n) is 2.83. The lowest BCUT2D eigenvalue weighted by atomic mass is 9.99. The smallest absolute Gasteiger partial charge is 0.155 e. The Morgan fingerprint density at radius 1 is 1.38 bits per heavy atom. The van der Waals surface area contributed by atoms with Gasteiger partial charge in [0.15, 0.2) is 9.84 Å². The Morgan fingerprint density at radius 2 is 2.14 bits per heavy atom. The summed E-state index contributed by atoms with van der Waals surface area (Å²) in [6, 6.07) is 7.10. The van der Waals surface area contributed by atoms with E-state index in [0.29, 0.717) is 18.8 Å².